The van der Waals surface area contributed by atoms with Crippen molar-refractivity contribution in [2.75, 3.05) is 45.2 Å². The van der Waals surface area contributed by atoms with Crippen molar-refractivity contribution in [3.8, 4) is 5.75 Å². The fraction of sp³-hybridized carbons (Fsp3) is 0.588. The number of sulfonamides is 1. The highest BCUT2D eigenvalue weighted by molar-refractivity contribution is 7.92. The fourth-order valence-corrected chi connectivity index (χ4v) is 3.47. The molecule has 1 aromatic rings. The number of amides is 1. The van der Waals surface area contributed by atoms with E-state index in [2.05, 4.69) is 16.5 Å². The van der Waals surface area contributed by atoms with Gasteiger partial charge in [0.1, 0.15) is 11.9 Å². The molecule has 1 aliphatic rings. The van der Waals surface area contributed by atoms with Crippen LogP contribution in [0.3, 0.4) is 0 Å². The van der Waals surface area contributed by atoms with Crippen LogP contribution in [0.5, 0.6) is 5.75 Å². The summed E-state index contributed by atoms with van der Waals surface area (Å²) in [7, 11) is 2.37. The number of benzene rings is 1. The number of rotatable bonds is 4. The minimum atomic E-state index is -3.38. The molecule has 0 spiro atoms. The van der Waals surface area contributed by atoms with Crippen LogP contribution in [0.4, 0.5) is 5.69 Å². The molecule has 1 amide bonds. The summed E-state index contributed by atoms with van der Waals surface area (Å²) in [6, 6.07) is 5.06. The smallest absolute Gasteiger partial charge is 0.229 e. The molecule has 0 saturated heterocycles. The lowest BCUT2D eigenvalue weighted by molar-refractivity contribution is -0.129. The first kappa shape index (κ1) is 19.5. The van der Waals surface area contributed by atoms with Gasteiger partial charge in [0.25, 0.3) is 0 Å². The summed E-state index contributed by atoms with van der Waals surface area (Å²) in [5.74, 6) is 0.774. The zero-order valence-corrected chi connectivity index (χ0v) is 16.3. The van der Waals surface area contributed by atoms with Crippen LogP contribution in [0.15, 0.2) is 18.2 Å². The molecule has 0 unspecified atom stereocenters. The number of anilines is 1. The molecule has 2 atom stereocenters. The van der Waals surface area contributed by atoms with Crippen molar-refractivity contribution in [1.29, 1.82) is 0 Å². The van der Waals surface area contributed by atoms with Gasteiger partial charge in [-0.2, -0.15) is 0 Å². The topological polar surface area (TPSA) is 79.0 Å². The van der Waals surface area contributed by atoms with Crippen LogP contribution in [0.1, 0.15) is 12.5 Å². The average Bonchev–Trinajstić information content (AvgIpc) is 2.49. The van der Waals surface area contributed by atoms with Crippen LogP contribution in [-0.4, -0.2) is 70.7 Å². The van der Waals surface area contributed by atoms with Gasteiger partial charge in [0.2, 0.25) is 15.9 Å². The predicted molar refractivity (Wildman–Crippen MR) is 98.4 cm³/mol. The molecule has 1 N–H and O–H groups in total. The van der Waals surface area contributed by atoms with E-state index in [1.807, 2.05) is 14.1 Å². The van der Waals surface area contributed by atoms with Crippen molar-refractivity contribution in [2.45, 2.75) is 19.4 Å². The molecule has 1 aromatic carbocycles. The maximum atomic E-state index is 12.5. The van der Waals surface area contributed by atoms with E-state index in [1.54, 1.807) is 30.1 Å². The van der Waals surface area contributed by atoms with E-state index in [9.17, 15) is 13.2 Å². The molecular weight excluding hydrogens is 342 g/mol. The van der Waals surface area contributed by atoms with Gasteiger partial charge in [-0.05, 0) is 32.3 Å². The largest absolute Gasteiger partial charge is 0.488 e. The zero-order chi connectivity index (χ0) is 18.8. The van der Waals surface area contributed by atoms with Gasteiger partial charge in [0.15, 0.2) is 0 Å². The molecule has 0 aromatic heterocycles. The van der Waals surface area contributed by atoms with Gasteiger partial charge < -0.3 is 14.5 Å². The number of nitrogens with zero attached hydrogens (tertiary/aromatic N) is 2. The van der Waals surface area contributed by atoms with Crippen LogP contribution >= 0.6 is 0 Å². The first-order valence-electron chi connectivity index (χ1n) is 8.21. The van der Waals surface area contributed by atoms with E-state index < -0.39 is 10.0 Å². The van der Waals surface area contributed by atoms with Crippen molar-refractivity contribution < 1.29 is 17.9 Å². The summed E-state index contributed by atoms with van der Waals surface area (Å²) >= 11 is 0. The van der Waals surface area contributed by atoms with Gasteiger partial charge >= 0.3 is 0 Å². The summed E-state index contributed by atoms with van der Waals surface area (Å²) in [6.07, 6.45) is 1.20. The number of nitrogens with one attached hydrogen (secondary N) is 1. The molecule has 0 radical (unpaired) electrons. The van der Waals surface area contributed by atoms with Crippen molar-refractivity contribution >= 4 is 21.6 Å². The molecule has 1 aliphatic heterocycles. The number of likely N-dealkylation sites (N-methyl/N-ethyl adjacent to an activating group) is 2. The Balaban J connectivity index is 2.40. The van der Waals surface area contributed by atoms with E-state index in [0.29, 0.717) is 23.5 Å². The maximum absolute atomic E-state index is 12.5. The first-order valence-corrected chi connectivity index (χ1v) is 10.1. The van der Waals surface area contributed by atoms with Gasteiger partial charge in [-0.25, -0.2) is 8.42 Å². The lowest BCUT2D eigenvalue weighted by atomic mass is 10.0. The summed E-state index contributed by atoms with van der Waals surface area (Å²) < 4.78 is 31.6. The van der Waals surface area contributed by atoms with Crippen LogP contribution in [0.25, 0.3) is 0 Å². The minimum absolute atomic E-state index is 0.0151. The number of fused-ring (bicyclic) bond motifs is 1. The second-order valence-electron chi connectivity index (χ2n) is 7.04. The molecular formula is C17H27N3O4S. The average molecular weight is 369 g/mol. The Kier molecular flexibility index (Phi) is 5.95. The van der Waals surface area contributed by atoms with Crippen LogP contribution < -0.4 is 9.46 Å². The van der Waals surface area contributed by atoms with E-state index in [-0.39, 0.29) is 24.3 Å². The summed E-state index contributed by atoms with van der Waals surface area (Å²) in [5, 5.41) is 0. The Bertz CT molecular complexity index is 733. The third kappa shape index (κ3) is 5.61. The highest BCUT2D eigenvalue weighted by Crippen LogP contribution is 2.28. The molecule has 7 nitrogen and oxygen atoms in total. The SMILES string of the molecule is C[C@H]1CN(C)C(=O)Cc2cc(NS(C)(=O)=O)ccc2O[C@@H]1CN(C)C. The van der Waals surface area contributed by atoms with Crippen LogP contribution in [0, 0.1) is 5.92 Å². The summed E-state index contributed by atoms with van der Waals surface area (Å²) in [5.41, 5.74) is 1.11. The first-order chi connectivity index (χ1) is 11.5. The molecule has 140 valence electrons. The van der Waals surface area contributed by atoms with Crippen molar-refractivity contribution in [1.82, 2.24) is 9.80 Å². The Morgan fingerprint density at radius 3 is 2.64 bits per heavy atom. The third-order valence-electron chi connectivity index (χ3n) is 4.15. The monoisotopic (exact) mass is 369 g/mol. The van der Waals surface area contributed by atoms with Crippen LogP contribution in [-0.2, 0) is 21.2 Å². The van der Waals surface area contributed by atoms with Gasteiger partial charge in [-0.1, -0.05) is 6.92 Å². The highest BCUT2D eigenvalue weighted by atomic mass is 32.2. The molecule has 8 heteroatoms. The van der Waals surface area contributed by atoms with Gasteiger partial charge in [-0.15, -0.1) is 0 Å². The molecule has 0 bridgehead atoms. The van der Waals surface area contributed by atoms with E-state index in [1.165, 1.54) is 0 Å². The van der Waals surface area contributed by atoms with E-state index in [4.69, 9.17) is 4.74 Å². The third-order valence-corrected chi connectivity index (χ3v) is 4.76. The van der Waals surface area contributed by atoms with Gasteiger partial charge in [0, 0.05) is 37.3 Å². The van der Waals surface area contributed by atoms with E-state index >= 15 is 0 Å². The number of carbonyl (C=O) groups excluding carboxylic acids is 1. The molecule has 0 aliphatic carbocycles. The predicted octanol–water partition coefficient (Wildman–Crippen LogP) is 1.02. The maximum Gasteiger partial charge on any atom is 0.229 e. The minimum Gasteiger partial charge on any atom is -0.488 e. The van der Waals surface area contributed by atoms with Crippen molar-refractivity contribution in [3.63, 3.8) is 0 Å². The normalized spacial score (nSPS) is 21.8. The quantitative estimate of drug-likeness (QED) is 0.857. The lowest BCUT2D eigenvalue weighted by Gasteiger charge is -2.29. The Labute approximate surface area is 150 Å². The number of carbonyl (C=O) groups is 1. The second-order valence-corrected chi connectivity index (χ2v) is 8.79. The molecule has 25 heavy (non-hydrogen) atoms. The number of ether oxygens (including phenoxy) is 1. The summed E-state index contributed by atoms with van der Waals surface area (Å²) in [6.45, 7) is 3.41. The molecule has 1 heterocycles. The Morgan fingerprint density at radius 1 is 1.36 bits per heavy atom. The van der Waals surface area contributed by atoms with Gasteiger partial charge in [0.05, 0.1) is 12.7 Å². The second kappa shape index (κ2) is 7.61. The summed E-state index contributed by atoms with van der Waals surface area (Å²) in [4.78, 5) is 16.2. The number of hydrogen-bond acceptors (Lipinski definition) is 5. The Hall–Kier alpha value is -1.80. The zero-order valence-electron chi connectivity index (χ0n) is 15.4. The van der Waals surface area contributed by atoms with E-state index in [0.717, 1.165) is 12.8 Å². The standard InChI is InChI=1S/C17H27N3O4S/c1-12-10-20(4)17(21)9-13-8-14(18-25(5,22)23)6-7-15(13)24-16(12)11-19(2)3/h6-8,12,16,18H,9-11H2,1-5H3/t12-,16+/m0/s1. The van der Waals surface area contributed by atoms with Gasteiger partial charge in [-0.3, -0.25) is 9.52 Å². The fourth-order valence-electron chi connectivity index (χ4n) is 2.92. The van der Waals surface area contributed by atoms with Crippen molar-refractivity contribution in [3.05, 3.63) is 23.8 Å². The van der Waals surface area contributed by atoms with Crippen molar-refractivity contribution in [2.24, 2.45) is 5.92 Å². The molecule has 2 rings (SSSR count). The van der Waals surface area contributed by atoms with Crippen LogP contribution in [0.2, 0.25) is 0 Å². The Morgan fingerprint density at radius 2 is 2.04 bits per heavy atom. The number of hydrogen-bond donors (Lipinski definition) is 1. The molecule has 0 fully saturated rings. The molecule has 0 saturated carbocycles. The highest BCUT2D eigenvalue weighted by Gasteiger charge is 2.27. The lowest BCUT2D eigenvalue weighted by Crippen LogP contribution is -2.41.